The predicted molar refractivity (Wildman–Crippen MR) is 100 cm³/mol. The van der Waals surface area contributed by atoms with Crippen molar-refractivity contribution in [2.24, 2.45) is 0 Å². The Hall–Kier alpha value is -2.80. The van der Waals surface area contributed by atoms with Gasteiger partial charge in [0.1, 0.15) is 22.2 Å². The molecule has 0 bridgehead atoms. The number of carbonyl (C=O) groups is 2. The third-order valence-corrected chi connectivity index (χ3v) is 4.58. The molecule has 0 heterocycles. The van der Waals surface area contributed by atoms with Gasteiger partial charge in [0.05, 0.1) is 10.7 Å². The van der Waals surface area contributed by atoms with Crippen molar-refractivity contribution in [3.63, 3.8) is 0 Å². The van der Waals surface area contributed by atoms with Crippen LogP contribution < -0.4 is 15.4 Å². The van der Waals surface area contributed by atoms with Gasteiger partial charge in [0, 0.05) is 0 Å². The molecule has 2 N–H and O–H groups in total. The van der Waals surface area contributed by atoms with Gasteiger partial charge in [0.2, 0.25) is 0 Å². The van der Waals surface area contributed by atoms with E-state index in [2.05, 4.69) is 4.74 Å². The number of ether oxygens (including phenoxy) is 1. The second-order valence-corrected chi connectivity index (χ2v) is 7.03. The van der Waals surface area contributed by atoms with Crippen LogP contribution in [0.3, 0.4) is 0 Å². The van der Waals surface area contributed by atoms with Gasteiger partial charge in [-0.15, -0.1) is 0 Å². The minimum absolute atomic E-state index is 0.338. The third kappa shape index (κ3) is 5.58. The molecule has 1 atom stereocenters. The fourth-order valence-electron chi connectivity index (χ4n) is 2.29. The van der Waals surface area contributed by atoms with E-state index in [0.717, 1.165) is 18.2 Å². The minimum atomic E-state index is -5.99. The lowest BCUT2D eigenvalue weighted by Gasteiger charge is -2.27. The van der Waals surface area contributed by atoms with Crippen LogP contribution in [0.2, 0.25) is 10.0 Å². The van der Waals surface area contributed by atoms with Crippen molar-refractivity contribution < 1.29 is 49.4 Å². The molecule has 33 heavy (non-hydrogen) atoms. The maximum absolute atomic E-state index is 14.4. The Balaban J connectivity index is 2.23. The van der Waals surface area contributed by atoms with E-state index < -0.39 is 74.6 Å². The van der Waals surface area contributed by atoms with Gasteiger partial charge in [-0.25, -0.2) is 18.0 Å². The van der Waals surface area contributed by atoms with Gasteiger partial charge >= 0.3 is 18.1 Å². The fourth-order valence-corrected chi connectivity index (χ4v) is 2.84. The summed E-state index contributed by atoms with van der Waals surface area (Å²) < 4.78 is 110. The zero-order valence-corrected chi connectivity index (χ0v) is 17.4. The van der Waals surface area contributed by atoms with Crippen molar-refractivity contribution in [3.05, 3.63) is 57.3 Å². The number of urea groups is 1. The molecule has 0 fully saturated rings. The number of anilines is 1. The highest BCUT2D eigenvalue weighted by Crippen LogP contribution is 2.44. The quantitative estimate of drug-likeness (QED) is 0.354. The molecule has 0 aliphatic carbocycles. The molecule has 0 aliphatic rings. The second kappa shape index (κ2) is 9.59. The third-order valence-electron chi connectivity index (χ3n) is 3.96. The van der Waals surface area contributed by atoms with Crippen molar-refractivity contribution >= 4 is 40.8 Å². The van der Waals surface area contributed by atoms with E-state index >= 15 is 0 Å². The van der Waals surface area contributed by atoms with Crippen LogP contribution in [-0.4, -0.2) is 30.1 Å². The van der Waals surface area contributed by atoms with Crippen molar-refractivity contribution in [2.75, 3.05) is 5.32 Å². The van der Waals surface area contributed by atoms with E-state index in [9.17, 15) is 44.7 Å². The number of hydrogen-bond donors (Lipinski definition) is 2. The zero-order valence-electron chi connectivity index (χ0n) is 15.9. The molecular formula is C18H10Cl2F8N2O3. The number of nitrogens with one attached hydrogen (secondary N) is 2. The first-order valence-corrected chi connectivity index (χ1v) is 9.18. The average molecular weight is 525 g/mol. The van der Waals surface area contributed by atoms with E-state index in [1.807, 2.05) is 0 Å². The summed E-state index contributed by atoms with van der Waals surface area (Å²) in [5, 5.41) is 1.27. The van der Waals surface area contributed by atoms with Crippen LogP contribution in [0.25, 0.3) is 0 Å². The number of carbonyl (C=O) groups excluding carboxylic acids is 2. The molecule has 3 amide bonds. The van der Waals surface area contributed by atoms with Crippen molar-refractivity contribution in [2.45, 2.75) is 25.1 Å². The van der Waals surface area contributed by atoms with Crippen molar-refractivity contribution in [3.8, 4) is 5.75 Å². The van der Waals surface area contributed by atoms with Gasteiger partial charge in [-0.2, -0.15) is 22.0 Å². The summed E-state index contributed by atoms with van der Waals surface area (Å²) >= 11 is 11.3. The molecule has 1 unspecified atom stereocenters. The highest BCUT2D eigenvalue weighted by atomic mass is 35.5. The number of rotatable bonds is 5. The number of alkyl halides is 5. The second-order valence-electron chi connectivity index (χ2n) is 6.25. The van der Waals surface area contributed by atoms with E-state index in [4.69, 9.17) is 23.2 Å². The summed E-state index contributed by atoms with van der Waals surface area (Å²) in [4.78, 5) is 23.8. The molecule has 5 nitrogen and oxygen atoms in total. The highest BCUT2D eigenvalue weighted by molar-refractivity contribution is 6.37. The maximum atomic E-state index is 14.4. The Bertz CT molecular complexity index is 1080. The van der Waals surface area contributed by atoms with Gasteiger partial charge < -0.3 is 10.1 Å². The van der Waals surface area contributed by atoms with E-state index in [0.29, 0.717) is 13.0 Å². The Kier molecular flexibility index (Phi) is 7.69. The van der Waals surface area contributed by atoms with Gasteiger partial charge in [0.25, 0.3) is 5.91 Å². The van der Waals surface area contributed by atoms with Crippen LogP contribution in [0, 0.1) is 17.5 Å². The number of halogens is 10. The molecule has 0 saturated heterocycles. The first-order valence-electron chi connectivity index (χ1n) is 8.43. The lowest BCUT2D eigenvalue weighted by Crippen LogP contribution is -2.48. The van der Waals surface area contributed by atoms with Crippen LogP contribution in [0.1, 0.15) is 17.3 Å². The molecule has 0 saturated carbocycles. The Morgan fingerprint density at radius 1 is 1.03 bits per heavy atom. The topological polar surface area (TPSA) is 67.4 Å². The van der Waals surface area contributed by atoms with E-state index in [-0.39, 0.29) is 0 Å². The first kappa shape index (κ1) is 26.5. The summed E-state index contributed by atoms with van der Waals surface area (Å²) in [5.41, 5.74) is -1.99. The number of benzene rings is 2. The van der Waals surface area contributed by atoms with Gasteiger partial charge in [-0.05, 0) is 25.1 Å². The standard InChI is InChI=1S/C18H10Cl2F8N2O3/c1-6(17(24,25)18(26,27)28)33-14-7(19)5-10(13(23)12(14)20)29-16(32)30-15(31)11-8(21)3-2-4-9(11)22/h2-6H,1H3,(H2,29,30,31,32). The van der Waals surface area contributed by atoms with Crippen molar-refractivity contribution in [1.82, 2.24) is 5.32 Å². The van der Waals surface area contributed by atoms with Crippen LogP contribution in [0.5, 0.6) is 5.75 Å². The van der Waals surface area contributed by atoms with Gasteiger partial charge in [-0.1, -0.05) is 29.3 Å². The summed E-state index contributed by atoms with van der Waals surface area (Å²) in [6, 6.07) is 1.44. The summed E-state index contributed by atoms with van der Waals surface area (Å²) in [6.45, 7) is 0.338. The first-order chi connectivity index (χ1) is 15.1. The van der Waals surface area contributed by atoms with Gasteiger partial charge in [-0.3, -0.25) is 10.1 Å². The Morgan fingerprint density at radius 2 is 1.58 bits per heavy atom. The smallest absolute Gasteiger partial charge is 0.457 e. The average Bonchev–Trinajstić information content (AvgIpc) is 2.67. The molecule has 15 heteroatoms. The largest absolute Gasteiger partial charge is 0.481 e. The monoisotopic (exact) mass is 524 g/mol. The van der Waals surface area contributed by atoms with E-state index in [1.165, 1.54) is 5.32 Å². The molecule has 180 valence electrons. The number of amides is 3. The van der Waals surface area contributed by atoms with Crippen LogP contribution in [-0.2, 0) is 0 Å². The Morgan fingerprint density at radius 3 is 2.09 bits per heavy atom. The number of imide groups is 1. The lowest BCUT2D eigenvalue weighted by atomic mass is 10.2. The maximum Gasteiger partial charge on any atom is 0.457 e. The molecular weight excluding hydrogens is 515 g/mol. The highest BCUT2D eigenvalue weighted by Gasteiger charge is 2.62. The predicted octanol–water partition coefficient (Wildman–Crippen LogP) is 6.34. The normalized spacial score (nSPS) is 12.8. The molecule has 0 aromatic heterocycles. The molecule has 0 spiro atoms. The van der Waals surface area contributed by atoms with Crippen molar-refractivity contribution in [1.29, 1.82) is 0 Å². The number of hydrogen-bond acceptors (Lipinski definition) is 3. The zero-order chi connectivity index (χ0) is 25.3. The summed E-state index contributed by atoms with van der Waals surface area (Å²) in [5.74, 6) is -12.2. The lowest BCUT2D eigenvalue weighted by molar-refractivity contribution is -0.306. The summed E-state index contributed by atoms with van der Waals surface area (Å²) in [6.07, 6.45) is -8.87. The van der Waals surface area contributed by atoms with Crippen LogP contribution in [0.4, 0.5) is 45.6 Å². The SMILES string of the molecule is CC(Oc1c(Cl)cc(NC(=O)NC(=O)c2c(F)cccc2F)c(F)c1Cl)C(F)(F)C(F)(F)F. The van der Waals surface area contributed by atoms with E-state index in [1.54, 1.807) is 5.32 Å². The van der Waals surface area contributed by atoms with Crippen LogP contribution >= 0.6 is 23.2 Å². The molecule has 2 rings (SSSR count). The minimum Gasteiger partial charge on any atom is -0.481 e. The Labute approximate surface area is 189 Å². The molecule has 2 aromatic carbocycles. The fraction of sp³-hybridized carbons (Fsp3) is 0.222. The van der Waals surface area contributed by atoms with Crippen LogP contribution in [0.15, 0.2) is 24.3 Å². The molecule has 0 radical (unpaired) electrons. The molecule has 2 aromatic rings. The van der Waals surface area contributed by atoms with Gasteiger partial charge in [0.15, 0.2) is 17.7 Å². The summed E-state index contributed by atoms with van der Waals surface area (Å²) in [7, 11) is 0. The molecule has 0 aliphatic heterocycles.